The van der Waals surface area contributed by atoms with Crippen LogP contribution in [-0.4, -0.2) is 32.4 Å². The molecule has 0 saturated carbocycles. The number of hydrogen-bond donors (Lipinski definition) is 2. The van der Waals surface area contributed by atoms with Gasteiger partial charge < -0.3 is 16.1 Å². The number of benzene rings is 1. The summed E-state index contributed by atoms with van der Waals surface area (Å²) in [5, 5.41) is 6.84. The summed E-state index contributed by atoms with van der Waals surface area (Å²) in [4.78, 5) is 2.37. The molecule has 0 radical (unpaired) electrons. The van der Waals surface area contributed by atoms with Gasteiger partial charge in [0.1, 0.15) is 0 Å². The van der Waals surface area contributed by atoms with Gasteiger partial charge in [-0.1, -0.05) is 12.1 Å². The number of hydrogen-bond acceptors (Lipinski definition) is 4. The van der Waals surface area contributed by atoms with Crippen molar-refractivity contribution >= 4 is 11.9 Å². The van der Waals surface area contributed by atoms with Gasteiger partial charge in [0.05, 0.1) is 6.21 Å². The van der Waals surface area contributed by atoms with Crippen LogP contribution in [0.15, 0.2) is 29.4 Å². The van der Waals surface area contributed by atoms with E-state index in [4.69, 9.17) is 5.84 Å². The fraction of sp³-hybridized carbons (Fsp3) is 0.364. The molecule has 4 heteroatoms. The van der Waals surface area contributed by atoms with Crippen molar-refractivity contribution in [2.45, 2.75) is 0 Å². The van der Waals surface area contributed by atoms with Crippen molar-refractivity contribution in [2.75, 3.05) is 31.1 Å². The van der Waals surface area contributed by atoms with Gasteiger partial charge in [0, 0.05) is 31.9 Å². The van der Waals surface area contributed by atoms with Crippen LogP contribution >= 0.6 is 0 Å². The van der Waals surface area contributed by atoms with E-state index in [0.717, 1.165) is 31.7 Å². The zero-order chi connectivity index (χ0) is 10.5. The van der Waals surface area contributed by atoms with Crippen LogP contribution in [0.2, 0.25) is 0 Å². The van der Waals surface area contributed by atoms with Crippen molar-refractivity contribution in [3.05, 3.63) is 29.8 Å². The topological polar surface area (TPSA) is 53.6 Å². The van der Waals surface area contributed by atoms with Crippen molar-refractivity contribution in [1.29, 1.82) is 0 Å². The van der Waals surface area contributed by atoms with Crippen molar-refractivity contribution in [2.24, 2.45) is 10.9 Å². The summed E-state index contributed by atoms with van der Waals surface area (Å²) in [7, 11) is 0. The van der Waals surface area contributed by atoms with E-state index in [1.54, 1.807) is 6.21 Å². The van der Waals surface area contributed by atoms with E-state index in [1.165, 1.54) is 5.69 Å². The molecule has 1 heterocycles. The van der Waals surface area contributed by atoms with Gasteiger partial charge in [-0.2, -0.15) is 5.10 Å². The lowest BCUT2D eigenvalue weighted by molar-refractivity contribution is 0.589. The maximum atomic E-state index is 5.09. The molecule has 1 saturated heterocycles. The maximum Gasteiger partial charge on any atom is 0.0538 e. The van der Waals surface area contributed by atoms with E-state index < -0.39 is 0 Å². The third kappa shape index (κ3) is 2.47. The largest absolute Gasteiger partial charge is 0.369 e. The van der Waals surface area contributed by atoms with Crippen LogP contribution < -0.4 is 16.1 Å². The second-order valence-electron chi connectivity index (χ2n) is 3.61. The number of rotatable bonds is 2. The van der Waals surface area contributed by atoms with Gasteiger partial charge in [0.25, 0.3) is 0 Å². The molecule has 4 nitrogen and oxygen atoms in total. The molecule has 1 aromatic carbocycles. The van der Waals surface area contributed by atoms with Gasteiger partial charge in [0.15, 0.2) is 0 Å². The van der Waals surface area contributed by atoms with E-state index in [2.05, 4.69) is 27.5 Å². The SMILES string of the molecule is NN=Cc1ccc(N2CCNCC2)cc1. The number of nitrogens with zero attached hydrogens (tertiary/aromatic N) is 2. The van der Waals surface area contributed by atoms with Crippen LogP contribution in [0.4, 0.5) is 5.69 Å². The van der Waals surface area contributed by atoms with E-state index in [-0.39, 0.29) is 0 Å². The molecule has 0 bridgehead atoms. The molecule has 1 fully saturated rings. The van der Waals surface area contributed by atoms with E-state index >= 15 is 0 Å². The summed E-state index contributed by atoms with van der Waals surface area (Å²) in [6.45, 7) is 4.27. The summed E-state index contributed by atoms with van der Waals surface area (Å²) in [6.07, 6.45) is 1.65. The lowest BCUT2D eigenvalue weighted by Crippen LogP contribution is -2.43. The van der Waals surface area contributed by atoms with Gasteiger partial charge in [0.2, 0.25) is 0 Å². The van der Waals surface area contributed by atoms with Crippen LogP contribution in [0, 0.1) is 0 Å². The first-order valence-electron chi connectivity index (χ1n) is 5.19. The Labute approximate surface area is 89.8 Å². The van der Waals surface area contributed by atoms with Crippen molar-refractivity contribution in [3.8, 4) is 0 Å². The number of nitrogens with one attached hydrogen (secondary N) is 1. The summed E-state index contributed by atoms with van der Waals surface area (Å²) in [5.74, 6) is 5.09. The Kier molecular flexibility index (Phi) is 3.19. The molecule has 1 aromatic rings. The molecule has 1 aliphatic rings. The van der Waals surface area contributed by atoms with Crippen LogP contribution in [-0.2, 0) is 0 Å². The highest BCUT2D eigenvalue weighted by Gasteiger charge is 2.09. The molecule has 0 aliphatic carbocycles. The molecule has 0 unspecified atom stereocenters. The normalized spacial score (nSPS) is 17.2. The molecule has 3 N–H and O–H groups in total. The zero-order valence-electron chi connectivity index (χ0n) is 8.69. The van der Waals surface area contributed by atoms with Gasteiger partial charge in [-0.15, -0.1) is 0 Å². The Morgan fingerprint density at radius 2 is 1.87 bits per heavy atom. The van der Waals surface area contributed by atoms with Gasteiger partial charge in [-0.25, -0.2) is 0 Å². The molecular weight excluding hydrogens is 188 g/mol. The Morgan fingerprint density at radius 1 is 1.20 bits per heavy atom. The minimum Gasteiger partial charge on any atom is -0.369 e. The van der Waals surface area contributed by atoms with Crippen molar-refractivity contribution in [3.63, 3.8) is 0 Å². The molecule has 0 spiro atoms. The molecule has 80 valence electrons. The summed E-state index contributed by atoms with van der Waals surface area (Å²) in [5.41, 5.74) is 2.31. The minimum atomic E-state index is 1.04. The number of nitrogens with two attached hydrogens (primary N) is 1. The summed E-state index contributed by atoms with van der Waals surface area (Å²) < 4.78 is 0. The highest BCUT2D eigenvalue weighted by atomic mass is 15.2. The summed E-state index contributed by atoms with van der Waals surface area (Å²) >= 11 is 0. The van der Waals surface area contributed by atoms with Crippen molar-refractivity contribution in [1.82, 2.24) is 5.32 Å². The third-order valence-corrected chi connectivity index (χ3v) is 2.60. The monoisotopic (exact) mass is 204 g/mol. The van der Waals surface area contributed by atoms with Gasteiger partial charge in [-0.3, -0.25) is 0 Å². The van der Waals surface area contributed by atoms with Crippen LogP contribution in [0.1, 0.15) is 5.56 Å². The lowest BCUT2D eigenvalue weighted by atomic mass is 10.2. The Morgan fingerprint density at radius 3 is 2.47 bits per heavy atom. The predicted octanol–water partition coefficient (Wildman–Crippen LogP) is 0.389. The van der Waals surface area contributed by atoms with Gasteiger partial charge >= 0.3 is 0 Å². The number of piperazine rings is 1. The van der Waals surface area contributed by atoms with Crippen LogP contribution in [0.3, 0.4) is 0 Å². The molecule has 0 atom stereocenters. The second kappa shape index (κ2) is 4.79. The molecule has 0 amide bonds. The van der Waals surface area contributed by atoms with E-state index in [1.807, 2.05) is 12.1 Å². The number of hydrazone groups is 1. The average Bonchev–Trinajstić information content (AvgIpc) is 2.32. The highest BCUT2D eigenvalue weighted by molar-refractivity contribution is 5.80. The fourth-order valence-electron chi connectivity index (χ4n) is 1.78. The first-order chi connectivity index (χ1) is 7.40. The second-order valence-corrected chi connectivity index (χ2v) is 3.61. The van der Waals surface area contributed by atoms with Crippen molar-refractivity contribution < 1.29 is 0 Å². The first kappa shape index (κ1) is 9.98. The van der Waals surface area contributed by atoms with Gasteiger partial charge in [-0.05, 0) is 17.7 Å². The molecule has 0 aromatic heterocycles. The predicted molar refractivity (Wildman–Crippen MR) is 63.3 cm³/mol. The first-order valence-corrected chi connectivity index (χ1v) is 5.19. The Balaban J connectivity index is 2.08. The average molecular weight is 204 g/mol. The minimum absolute atomic E-state index is 1.04. The maximum absolute atomic E-state index is 5.09. The third-order valence-electron chi connectivity index (χ3n) is 2.60. The molecule has 15 heavy (non-hydrogen) atoms. The smallest absolute Gasteiger partial charge is 0.0538 e. The Hall–Kier alpha value is -1.55. The number of anilines is 1. The van der Waals surface area contributed by atoms with Crippen LogP contribution in [0.25, 0.3) is 0 Å². The van der Waals surface area contributed by atoms with Crippen LogP contribution in [0.5, 0.6) is 0 Å². The molecule has 2 rings (SSSR count). The fourth-order valence-corrected chi connectivity index (χ4v) is 1.78. The highest BCUT2D eigenvalue weighted by Crippen LogP contribution is 2.14. The Bertz CT molecular complexity index is 325. The summed E-state index contributed by atoms with van der Waals surface area (Å²) in [6, 6.07) is 8.30. The molecule has 1 aliphatic heterocycles. The quantitative estimate of drug-likeness (QED) is 0.416. The standard InChI is InChI=1S/C11H16N4/c12-14-9-10-1-3-11(4-2-10)15-7-5-13-6-8-15/h1-4,9,13H,5-8,12H2. The van der Waals surface area contributed by atoms with E-state index in [9.17, 15) is 0 Å². The van der Waals surface area contributed by atoms with E-state index in [0.29, 0.717) is 0 Å². The lowest BCUT2D eigenvalue weighted by Gasteiger charge is -2.29. The molecular formula is C11H16N4. The zero-order valence-corrected chi connectivity index (χ0v) is 8.69.